The maximum atomic E-state index is 14.5. The van der Waals surface area contributed by atoms with E-state index in [0.717, 1.165) is 5.56 Å². The number of fused-ring (bicyclic) bond motifs is 2. The van der Waals surface area contributed by atoms with Gasteiger partial charge >= 0.3 is 0 Å². The summed E-state index contributed by atoms with van der Waals surface area (Å²) in [7, 11) is 1.73. The number of likely N-dealkylation sites (tertiary alicyclic amines) is 1. The van der Waals surface area contributed by atoms with Gasteiger partial charge in [-0.3, -0.25) is 14.4 Å². The van der Waals surface area contributed by atoms with E-state index in [1.807, 2.05) is 82.3 Å². The highest BCUT2D eigenvalue weighted by Gasteiger charge is 2.76. The number of rotatable bonds is 4. The van der Waals surface area contributed by atoms with Gasteiger partial charge in [0.15, 0.2) is 0 Å². The lowest BCUT2D eigenvalue weighted by Crippen LogP contribution is -2.59. The number of carbonyl (C=O) groups is 3. The monoisotopic (exact) mass is 507 g/mol. The van der Waals surface area contributed by atoms with E-state index in [-0.39, 0.29) is 24.3 Å². The number of benzene rings is 1. The quantitative estimate of drug-likeness (QED) is 0.632. The number of hydrogen-bond acceptors (Lipinski definition) is 5. The van der Waals surface area contributed by atoms with Crippen LogP contribution in [0.1, 0.15) is 45.7 Å². The summed E-state index contributed by atoms with van der Waals surface area (Å²) in [5.74, 6) is -2.42. The number of likely N-dealkylation sites (N-methyl/N-ethyl adjacent to an activating group) is 1. The van der Waals surface area contributed by atoms with Crippen LogP contribution >= 0.6 is 0 Å². The van der Waals surface area contributed by atoms with Crippen molar-refractivity contribution in [3.63, 3.8) is 0 Å². The molecule has 8 heteroatoms. The number of aliphatic hydroxyl groups is 1. The maximum Gasteiger partial charge on any atom is 0.249 e. The van der Waals surface area contributed by atoms with Crippen molar-refractivity contribution in [3.05, 3.63) is 60.2 Å². The van der Waals surface area contributed by atoms with Gasteiger partial charge < -0.3 is 24.5 Å². The van der Waals surface area contributed by atoms with Crippen LogP contribution in [0.5, 0.6) is 0 Å². The van der Waals surface area contributed by atoms with Crippen molar-refractivity contribution >= 4 is 17.7 Å². The lowest BCUT2D eigenvalue weighted by Gasteiger charge is -2.43. The molecule has 37 heavy (non-hydrogen) atoms. The van der Waals surface area contributed by atoms with Gasteiger partial charge in [0.25, 0.3) is 0 Å². The Kier molecular flexibility index (Phi) is 6.11. The molecule has 4 aliphatic heterocycles. The highest BCUT2D eigenvalue weighted by molar-refractivity contribution is 6.00. The molecule has 2 saturated heterocycles. The van der Waals surface area contributed by atoms with Gasteiger partial charge in [0.1, 0.15) is 11.6 Å². The van der Waals surface area contributed by atoms with Crippen LogP contribution in [0.25, 0.3) is 0 Å². The Labute approximate surface area is 218 Å². The molecule has 3 amide bonds. The third-order valence-electron chi connectivity index (χ3n) is 8.58. The minimum absolute atomic E-state index is 0.166. The Morgan fingerprint density at radius 1 is 1.00 bits per heavy atom. The summed E-state index contributed by atoms with van der Waals surface area (Å²) >= 11 is 0. The molecule has 1 aromatic rings. The fraction of sp³-hybridized carbons (Fsp3) is 0.552. The third-order valence-corrected chi connectivity index (χ3v) is 8.58. The zero-order chi connectivity index (χ0) is 26.8. The van der Waals surface area contributed by atoms with Gasteiger partial charge in [0.2, 0.25) is 17.7 Å². The molecule has 0 saturated carbocycles. The smallest absolute Gasteiger partial charge is 0.249 e. The van der Waals surface area contributed by atoms with Gasteiger partial charge in [-0.25, -0.2) is 0 Å². The van der Waals surface area contributed by atoms with Gasteiger partial charge in [-0.05, 0) is 32.8 Å². The lowest BCUT2D eigenvalue weighted by atomic mass is 9.73. The van der Waals surface area contributed by atoms with Crippen LogP contribution < -0.4 is 0 Å². The molecule has 0 aromatic heterocycles. The SMILES string of the molecule is CC[C@@]12C=CCN(C)C(=O)[C@@H]1[C@H]1C(=O)N([C@H](CO)c3ccccc3)C3C(=O)N(C(C)(C)C)CC=C[C@@]31O2. The van der Waals surface area contributed by atoms with Crippen molar-refractivity contribution in [1.29, 1.82) is 0 Å². The average Bonchev–Trinajstić information content (AvgIpc) is 3.16. The molecule has 4 heterocycles. The summed E-state index contributed by atoms with van der Waals surface area (Å²) in [6, 6.07) is 7.47. The van der Waals surface area contributed by atoms with Gasteiger partial charge in [-0.2, -0.15) is 0 Å². The first-order chi connectivity index (χ1) is 17.5. The van der Waals surface area contributed by atoms with Gasteiger partial charge in [0, 0.05) is 25.7 Å². The molecule has 4 aliphatic rings. The van der Waals surface area contributed by atoms with E-state index in [2.05, 4.69) is 0 Å². The molecule has 198 valence electrons. The van der Waals surface area contributed by atoms with Crippen molar-refractivity contribution in [3.8, 4) is 0 Å². The molecule has 6 atom stereocenters. The Balaban J connectivity index is 1.74. The van der Waals surface area contributed by atoms with E-state index in [9.17, 15) is 19.5 Å². The lowest BCUT2D eigenvalue weighted by molar-refractivity contribution is -0.159. The van der Waals surface area contributed by atoms with Crippen LogP contribution in [0.4, 0.5) is 0 Å². The summed E-state index contributed by atoms with van der Waals surface area (Å²) in [6.07, 6.45) is 8.08. The first-order valence-corrected chi connectivity index (χ1v) is 13.1. The maximum absolute atomic E-state index is 14.5. The second-order valence-corrected chi connectivity index (χ2v) is 11.6. The Bertz CT molecular complexity index is 1160. The van der Waals surface area contributed by atoms with Crippen LogP contribution in [0, 0.1) is 11.8 Å². The molecule has 8 nitrogen and oxygen atoms in total. The van der Waals surface area contributed by atoms with E-state index >= 15 is 0 Å². The normalized spacial score (nSPS) is 34.3. The summed E-state index contributed by atoms with van der Waals surface area (Å²) in [5, 5.41) is 10.6. The highest BCUT2D eigenvalue weighted by atomic mass is 16.5. The number of aliphatic hydroxyl groups excluding tert-OH is 1. The standard InChI is InChI=1S/C29H37N3O5/c1-6-28-14-10-16-30(5)24(34)21(28)22-25(35)32(20(18-33)19-12-8-7-9-13-19)23-26(36)31(27(2,3)4)17-11-15-29(22,23)37-28/h7-15,20-23,33H,6,16-18H2,1-5H3/t20-,21+,22+,23?,28-,29+/m1/s1. The average molecular weight is 508 g/mol. The summed E-state index contributed by atoms with van der Waals surface area (Å²) in [6.45, 7) is 8.27. The van der Waals surface area contributed by atoms with E-state index < -0.39 is 40.7 Å². The number of hydrogen-bond donors (Lipinski definition) is 1. The van der Waals surface area contributed by atoms with Gasteiger partial charge in [-0.15, -0.1) is 0 Å². The topological polar surface area (TPSA) is 90.4 Å². The first kappa shape index (κ1) is 25.7. The second kappa shape index (κ2) is 8.81. The van der Waals surface area contributed by atoms with Crippen LogP contribution in [0.15, 0.2) is 54.6 Å². The number of ether oxygens (including phenoxy) is 1. The molecule has 5 rings (SSSR count). The minimum Gasteiger partial charge on any atom is -0.394 e. The van der Waals surface area contributed by atoms with Crippen LogP contribution in [-0.2, 0) is 19.1 Å². The predicted octanol–water partition coefficient (Wildman–Crippen LogP) is 2.31. The molecular formula is C29H37N3O5. The molecule has 0 aliphatic carbocycles. The van der Waals surface area contributed by atoms with E-state index in [1.54, 1.807) is 16.8 Å². The Hall–Kier alpha value is -2.97. The molecule has 1 aromatic carbocycles. The Morgan fingerprint density at radius 3 is 2.30 bits per heavy atom. The van der Waals surface area contributed by atoms with Crippen molar-refractivity contribution in [2.45, 2.75) is 62.9 Å². The molecular weight excluding hydrogens is 470 g/mol. The zero-order valence-corrected chi connectivity index (χ0v) is 22.3. The van der Waals surface area contributed by atoms with Crippen LogP contribution in [0.3, 0.4) is 0 Å². The fourth-order valence-corrected chi connectivity index (χ4v) is 6.79. The number of nitrogens with zero attached hydrogens (tertiary/aromatic N) is 3. The van der Waals surface area contributed by atoms with Gasteiger partial charge in [0.05, 0.1) is 30.1 Å². The molecule has 1 N–H and O–H groups in total. The predicted molar refractivity (Wildman–Crippen MR) is 138 cm³/mol. The zero-order valence-electron chi connectivity index (χ0n) is 22.3. The van der Waals surface area contributed by atoms with E-state index in [0.29, 0.717) is 19.5 Å². The summed E-state index contributed by atoms with van der Waals surface area (Å²) in [4.78, 5) is 47.7. The van der Waals surface area contributed by atoms with E-state index in [4.69, 9.17) is 4.74 Å². The molecule has 1 spiro atoms. The van der Waals surface area contributed by atoms with Crippen molar-refractivity contribution in [2.75, 3.05) is 26.7 Å². The molecule has 0 bridgehead atoms. The van der Waals surface area contributed by atoms with Crippen LogP contribution in [-0.4, -0.2) is 87.1 Å². The third kappa shape index (κ3) is 3.60. The summed E-state index contributed by atoms with van der Waals surface area (Å²) in [5.41, 5.74) is -2.13. The first-order valence-electron chi connectivity index (χ1n) is 13.1. The van der Waals surface area contributed by atoms with Crippen molar-refractivity contribution < 1.29 is 24.2 Å². The summed E-state index contributed by atoms with van der Waals surface area (Å²) < 4.78 is 6.95. The van der Waals surface area contributed by atoms with Crippen molar-refractivity contribution in [1.82, 2.24) is 14.7 Å². The van der Waals surface area contributed by atoms with Crippen molar-refractivity contribution in [2.24, 2.45) is 11.8 Å². The van der Waals surface area contributed by atoms with Gasteiger partial charge in [-0.1, -0.05) is 61.6 Å². The number of amides is 3. The molecule has 1 unspecified atom stereocenters. The Morgan fingerprint density at radius 2 is 1.68 bits per heavy atom. The van der Waals surface area contributed by atoms with E-state index in [1.165, 1.54) is 4.90 Å². The molecule has 2 fully saturated rings. The second-order valence-electron chi connectivity index (χ2n) is 11.6. The number of carbonyl (C=O) groups excluding carboxylic acids is 3. The highest BCUT2D eigenvalue weighted by Crippen LogP contribution is 2.59. The van der Waals surface area contributed by atoms with Crippen LogP contribution in [0.2, 0.25) is 0 Å². The minimum atomic E-state index is -1.34. The fourth-order valence-electron chi connectivity index (χ4n) is 6.79. The largest absolute Gasteiger partial charge is 0.394 e. The molecule has 0 radical (unpaired) electrons.